The van der Waals surface area contributed by atoms with Crippen molar-refractivity contribution >= 4 is 16.6 Å². The Kier molecular flexibility index (Phi) is 4.13. The Balaban J connectivity index is 1.49. The Morgan fingerprint density at radius 1 is 1.25 bits per heavy atom. The van der Waals surface area contributed by atoms with E-state index in [-0.39, 0.29) is 0 Å². The van der Waals surface area contributed by atoms with E-state index >= 15 is 0 Å². The zero-order chi connectivity index (χ0) is 16.4. The minimum Gasteiger partial charge on any atom is -0.364 e. The third-order valence-electron chi connectivity index (χ3n) is 4.60. The van der Waals surface area contributed by atoms with Crippen LogP contribution in [-0.2, 0) is 6.54 Å². The van der Waals surface area contributed by atoms with Gasteiger partial charge in [-0.2, -0.15) is 0 Å². The Hall–Kier alpha value is -2.47. The first-order valence-corrected chi connectivity index (χ1v) is 8.50. The number of nitrogens with one attached hydrogen (secondary N) is 2. The van der Waals surface area contributed by atoms with Crippen molar-refractivity contribution in [1.29, 1.82) is 0 Å². The molecule has 1 saturated heterocycles. The number of hydrogen-bond donors (Lipinski definition) is 2. The van der Waals surface area contributed by atoms with E-state index in [0.717, 1.165) is 42.8 Å². The minimum atomic E-state index is 0.464. The summed E-state index contributed by atoms with van der Waals surface area (Å²) in [7, 11) is 0. The van der Waals surface area contributed by atoms with Crippen molar-refractivity contribution in [3.05, 3.63) is 47.9 Å². The molecule has 1 aromatic carbocycles. The van der Waals surface area contributed by atoms with E-state index in [1.54, 1.807) is 0 Å². The van der Waals surface area contributed by atoms with E-state index in [1.807, 2.05) is 16.9 Å². The van der Waals surface area contributed by atoms with Crippen LogP contribution in [0, 0.1) is 6.92 Å². The fraction of sp³-hybridized carbons (Fsp3) is 0.389. The van der Waals surface area contributed by atoms with E-state index in [9.17, 15) is 0 Å². The van der Waals surface area contributed by atoms with Crippen LogP contribution in [0.5, 0.6) is 0 Å². The number of anilines is 1. The molecule has 3 heterocycles. The molecule has 0 radical (unpaired) electrons. The lowest BCUT2D eigenvalue weighted by Crippen LogP contribution is -2.29. The van der Waals surface area contributed by atoms with E-state index in [0.29, 0.717) is 12.6 Å². The highest BCUT2D eigenvalue weighted by Crippen LogP contribution is 2.23. The number of nitrogens with zero attached hydrogens (tertiary/aromatic N) is 4. The number of hydrogen-bond acceptors (Lipinski definition) is 5. The van der Waals surface area contributed by atoms with Crippen LogP contribution in [-0.4, -0.2) is 33.1 Å². The summed E-state index contributed by atoms with van der Waals surface area (Å²) < 4.78 is 2.01. The molecule has 0 amide bonds. The van der Waals surface area contributed by atoms with Gasteiger partial charge in [-0.1, -0.05) is 22.9 Å². The summed E-state index contributed by atoms with van der Waals surface area (Å²) in [5.74, 6) is 0.896. The normalized spacial score (nSPS) is 15.7. The lowest BCUT2D eigenvalue weighted by Gasteiger charge is -2.22. The number of benzene rings is 1. The second-order valence-corrected chi connectivity index (χ2v) is 6.41. The van der Waals surface area contributed by atoms with Gasteiger partial charge in [0.05, 0.1) is 18.8 Å². The number of piperidine rings is 1. The van der Waals surface area contributed by atoms with E-state index in [1.165, 1.54) is 10.9 Å². The maximum Gasteiger partial charge on any atom is 0.134 e. The second-order valence-electron chi connectivity index (χ2n) is 6.41. The quantitative estimate of drug-likeness (QED) is 0.773. The van der Waals surface area contributed by atoms with Gasteiger partial charge in [0.2, 0.25) is 0 Å². The van der Waals surface area contributed by atoms with Crippen molar-refractivity contribution < 1.29 is 0 Å². The molecule has 0 unspecified atom stereocenters. The highest BCUT2D eigenvalue weighted by Gasteiger charge is 2.16. The molecule has 24 heavy (non-hydrogen) atoms. The van der Waals surface area contributed by atoms with Gasteiger partial charge in [-0.3, -0.25) is 0 Å². The van der Waals surface area contributed by atoms with Crippen molar-refractivity contribution in [1.82, 2.24) is 25.3 Å². The Morgan fingerprint density at radius 3 is 3.00 bits per heavy atom. The highest BCUT2D eigenvalue weighted by atomic mass is 15.4. The average molecular weight is 322 g/mol. The smallest absolute Gasteiger partial charge is 0.134 e. The first kappa shape index (κ1) is 15.1. The first-order valence-electron chi connectivity index (χ1n) is 8.50. The topological polar surface area (TPSA) is 67.7 Å². The maximum atomic E-state index is 4.49. The summed E-state index contributed by atoms with van der Waals surface area (Å²) >= 11 is 0. The van der Waals surface area contributed by atoms with Crippen LogP contribution in [0.3, 0.4) is 0 Å². The Morgan fingerprint density at radius 2 is 2.12 bits per heavy atom. The van der Waals surface area contributed by atoms with Crippen LogP contribution in [0.2, 0.25) is 0 Å². The summed E-state index contributed by atoms with van der Waals surface area (Å²) in [6.45, 7) is 4.83. The van der Waals surface area contributed by atoms with Crippen molar-refractivity contribution in [3.8, 4) is 0 Å². The number of aryl methyl sites for hydroxylation is 1. The Labute approximate surface area is 141 Å². The molecule has 0 atom stereocenters. The van der Waals surface area contributed by atoms with Gasteiger partial charge in [-0.05, 0) is 50.4 Å². The van der Waals surface area contributed by atoms with Gasteiger partial charge >= 0.3 is 0 Å². The molecule has 1 fully saturated rings. The van der Waals surface area contributed by atoms with Crippen LogP contribution in [0.15, 0.2) is 36.7 Å². The van der Waals surface area contributed by atoms with E-state index in [4.69, 9.17) is 0 Å². The van der Waals surface area contributed by atoms with E-state index in [2.05, 4.69) is 57.2 Å². The highest BCUT2D eigenvalue weighted by molar-refractivity contribution is 5.92. The molecule has 4 rings (SSSR count). The molecule has 0 bridgehead atoms. The minimum absolute atomic E-state index is 0.464. The van der Waals surface area contributed by atoms with Crippen molar-refractivity contribution in [2.45, 2.75) is 32.4 Å². The summed E-state index contributed by atoms with van der Waals surface area (Å²) in [6, 6.07) is 8.91. The lowest BCUT2D eigenvalue weighted by molar-refractivity contribution is 0.337. The standard InChI is InChI=1S/C18H22N6/c1-13-2-3-14-4-9-20-18(17(14)10-13)21-11-15-12-24(23-22-15)16-5-7-19-8-6-16/h2-4,9-10,12,16,19H,5-8,11H2,1H3,(H,20,21). The molecule has 1 aliphatic heterocycles. The molecule has 6 heteroatoms. The number of rotatable bonds is 4. The third kappa shape index (κ3) is 3.10. The molecule has 0 saturated carbocycles. The van der Waals surface area contributed by atoms with Gasteiger partial charge < -0.3 is 10.6 Å². The molecule has 1 aliphatic rings. The summed E-state index contributed by atoms with van der Waals surface area (Å²) in [6.07, 6.45) is 6.12. The molecule has 2 N–H and O–H groups in total. The van der Waals surface area contributed by atoms with Gasteiger partial charge in [-0.15, -0.1) is 5.10 Å². The fourth-order valence-electron chi connectivity index (χ4n) is 3.24. The van der Waals surface area contributed by atoms with Crippen LogP contribution < -0.4 is 10.6 Å². The summed E-state index contributed by atoms with van der Waals surface area (Å²) in [4.78, 5) is 4.49. The van der Waals surface area contributed by atoms with Crippen LogP contribution in [0.4, 0.5) is 5.82 Å². The van der Waals surface area contributed by atoms with E-state index < -0.39 is 0 Å². The zero-order valence-electron chi connectivity index (χ0n) is 13.9. The molecular formula is C18H22N6. The van der Waals surface area contributed by atoms with Crippen molar-refractivity contribution in [2.24, 2.45) is 0 Å². The zero-order valence-corrected chi connectivity index (χ0v) is 13.9. The summed E-state index contributed by atoms with van der Waals surface area (Å²) in [5.41, 5.74) is 2.18. The average Bonchev–Trinajstić information content (AvgIpc) is 3.10. The van der Waals surface area contributed by atoms with Crippen molar-refractivity contribution in [3.63, 3.8) is 0 Å². The fourth-order valence-corrected chi connectivity index (χ4v) is 3.24. The molecule has 0 aliphatic carbocycles. The molecule has 0 spiro atoms. The number of pyridine rings is 1. The van der Waals surface area contributed by atoms with Crippen LogP contribution in [0.1, 0.15) is 30.1 Å². The number of aromatic nitrogens is 4. The van der Waals surface area contributed by atoms with Gasteiger partial charge in [0.15, 0.2) is 0 Å². The van der Waals surface area contributed by atoms with Crippen LogP contribution in [0.25, 0.3) is 10.8 Å². The molecule has 2 aromatic heterocycles. The lowest BCUT2D eigenvalue weighted by atomic mass is 10.1. The monoisotopic (exact) mass is 322 g/mol. The van der Waals surface area contributed by atoms with Gasteiger partial charge in [0.25, 0.3) is 0 Å². The predicted molar refractivity (Wildman–Crippen MR) is 95.0 cm³/mol. The number of fused-ring (bicyclic) bond motifs is 1. The molecule has 6 nitrogen and oxygen atoms in total. The van der Waals surface area contributed by atoms with Crippen LogP contribution >= 0.6 is 0 Å². The second kappa shape index (κ2) is 6.57. The van der Waals surface area contributed by atoms with Crippen molar-refractivity contribution in [2.75, 3.05) is 18.4 Å². The predicted octanol–water partition coefficient (Wildman–Crippen LogP) is 2.67. The third-order valence-corrected chi connectivity index (χ3v) is 4.60. The molecular weight excluding hydrogens is 300 g/mol. The first-order chi connectivity index (χ1) is 11.8. The molecule has 3 aromatic rings. The van der Waals surface area contributed by atoms with Gasteiger partial charge in [-0.25, -0.2) is 9.67 Å². The maximum absolute atomic E-state index is 4.49. The largest absolute Gasteiger partial charge is 0.364 e. The SMILES string of the molecule is Cc1ccc2ccnc(NCc3cn(C4CCNCC4)nn3)c2c1. The Bertz CT molecular complexity index is 834. The van der Waals surface area contributed by atoms with Gasteiger partial charge in [0.1, 0.15) is 11.5 Å². The molecule has 124 valence electrons. The summed E-state index contributed by atoms with van der Waals surface area (Å²) in [5, 5.41) is 17.7. The van der Waals surface area contributed by atoms with Gasteiger partial charge in [0, 0.05) is 11.6 Å².